The lowest BCUT2D eigenvalue weighted by molar-refractivity contribution is -0.116. The molecule has 29 heavy (non-hydrogen) atoms. The fraction of sp³-hybridized carbons (Fsp3) is 0.318. The lowest BCUT2D eigenvalue weighted by Gasteiger charge is -2.29. The molecular formula is C22H24N4O2S. The van der Waals surface area contributed by atoms with Crippen molar-refractivity contribution in [1.29, 1.82) is 0 Å². The summed E-state index contributed by atoms with van der Waals surface area (Å²) >= 11 is 1.43. The molecule has 0 radical (unpaired) electrons. The van der Waals surface area contributed by atoms with Crippen molar-refractivity contribution in [3.8, 4) is 11.4 Å². The molecule has 0 N–H and O–H groups in total. The van der Waals surface area contributed by atoms with Crippen molar-refractivity contribution >= 4 is 23.4 Å². The molecule has 0 spiro atoms. The zero-order chi connectivity index (χ0) is 20.1. The molecule has 2 aromatic carbocycles. The standard InChI is InChI=1S/C22H24N4O2S/c1-28-15-14-26-21(18-9-3-2-4-10-18)23-24-22(26)29-16-20(27)25-13-7-11-17-8-5-6-12-19(17)25/h2-6,8-10,12H,7,11,13-16H2,1H3. The van der Waals surface area contributed by atoms with Crippen molar-refractivity contribution in [2.75, 3.05) is 30.9 Å². The second-order valence-electron chi connectivity index (χ2n) is 6.88. The molecule has 0 saturated heterocycles. The van der Waals surface area contributed by atoms with Crippen molar-refractivity contribution in [2.45, 2.75) is 24.5 Å². The first kappa shape index (κ1) is 19.7. The maximum absolute atomic E-state index is 13.0. The van der Waals surface area contributed by atoms with Crippen LogP contribution in [0.5, 0.6) is 0 Å². The molecule has 0 atom stereocenters. The fourth-order valence-corrected chi connectivity index (χ4v) is 4.42. The van der Waals surface area contributed by atoms with Crippen LogP contribution in [0.2, 0.25) is 0 Å². The van der Waals surface area contributed by atoms with E-state index in [1.54, 1.807) is 7.11 Å². The monoisotopic (exact) mass is 408 g/mol. The van der Waals surface area contributed by atoms with Crippen molar-refractivity contribution in [2.24, 2.45) is 0 Å². The minimum Gasteiger partial charge on any atom is -0.383 e. The highest BCUT2D eigenvalue weighted by atomic mass is 32.2. The molecule has 1 aliphatic heterocycles. The number of para-hydroxylation sites is 1. The van der Waals surface area contributed by atoms with Crippen LogP contribution in [0.4, 0.5) is 5.69 Å². The van der Waals surface area contributed by atoms with Gasteiger partial charge in [-0.1, -0.05) is 60.3 Å². The van der Waals surface area contributed by atoms with Gasteiger partial charge in [0.2, 0.25) is 5.91 Å². The van der Waals surface area contributed by atoms with E-state index in [1.165, 1.54) is 17.3 Å². The van der Waals surface area contributed by atoms with Gasteiger partial charge in [-0.15, -0.1) is 10.2 Å². The van der Waals surface area contributed by atoms with E-state index in [0.29, 0.717) is 18.9 Å². The number of thioether (sulfide) groups is 1. The Kier molecular flexibility index (Phi) is 6.27. The van der Waals surface area contributed by atoms with Crippen molar-refractivity contribution in [1.82, 2.24) is 14.8 Å². The fourth-order valence-electron chi connectivity index (χ4n) is 3.58. The van der Waals surface area contributed by atoms with E-state index >= 15 is 0 Å². The predicted octanol–water partition coefficient (Wildman–Crippen LogP) is 3.66. The number of aromatic nitrogens is 3. The number of carbonyl (C=O) groups excluding carboxylic acids is 1. The topological polar surface area (TPSA) is 60.2 Å². The molecule has 3 aromatic rings. The molecule has 6 nitrogen and oxygen atoms in total. The van der Waals surface area contributed by atoms with Gasteiger partial charge in [-0.2, -0.15) is 0 Å². The molecule has 1 aliphatic rings. The average molecular weight is 409 g/mol. The minimum atomic E-state index is 0.102. The summed E-state index contributed by atoms with van der Waals surface area (Å²) in [5.41, 5.74) is 3.28. The van der Waals surface area contributed by atoms with Gasteiger partial charge in [0.15, 0.2) is 11.0 Å². The second kappa shape index (κ2) is 9.24. The van der Waals surface area contributed by atoms with Crippen LogP contribution in [0.3, 0.4) is 0 Å². The van der Waals surface area contributed by atoms with E-state index < -0.39 is 0 Å². The molecule has 2 heterocycles. The molecule has 7 heteroatoms. The first-order valence-electron chi connectivity index (χ1n) is 9.76. The van der Waals surface area contributed by atoms with Crippen molar-refractivity contribution in [3.05, 3.63) is 60.2 Å². The number of ether oxygens (including phenoxy) is 1. The Hall–Kier alpha value is -2.64. The number of hydrogen-bond donors (Lipinski definition) is 0. The summed E-state index contributed by atoms with van der Waals surface area (Å²) in [6, 6.07) is 18.1. The molecule has 1 aromatic heterocycles. The summed E-state index contributed by atoms with van der Waals surface area (Å²) in [4.78, 5) is 14.9. The summed E-state index contributed by atoms with van der Waals surface area (Å²) in [6.07, 6.45) is 2.02. The summed E-state index contributed by atoms with van der Waals surface area (Å²) in [6.45, 7) is 1.96. The Bertz CT molecular complexity index is 974. The highest BCUT2D eigenvalue weighted by Crippen LogP contribution is 2.29. The van der Waals surface area contributed by atoms with Gasteiger partial charge in [-0.25, -0.2) is 0 Å². The molecule has 0 saturated carbocycles. The zero-order valence-electron chi connectivity index (χ0n) is 16.5. The Morgan fingerprint density at radius 2 is 1.90 bits per heavy atom. The van der Waals surface area contributed by atoms with Crippen LogP contribution in [0, 0.1) is 0 Å². The summed E-state index contributed by atoms with van der Waals surface area (Å²) < 4.78 is 7.29. The Balaban J connectivity index is 1.51. The molecule has 4 rings (SSSR count). The number of aryl methyl sites for hydroxylation is 1. The van der Waals surface area contributed by atoms with Gasteiger partial charge in [0.1, 0.15) is 0 Å². The Labute approximate surface area is 174 Å². The lowest BCUT2D eigenvalue weighted by atomic mass is 10.0. The normalized spacial score (nSPS) is 13.3. The number of carbonyl (C=O) groups is 1. The van der Waals surface area contributed by atoms with Gasteiger partial charge in [-0.3, -0.25) is 9.36 Å². The zero-order valence-corrected chi connectivity index (χ0v) is 17.3. The number of methoxy groups -OCH3 is 1. The molecular weight excluding hydrogens is 384 g/mol. The van der Waals surface area contributed by atoms with E-state index in [9.17, 15) is 4.79 Å². The molecule has 150 valence electrons. The third-order valence-electron chi connectivity index (χ3n) is 5.00. The second-order valence-corrected chi connectivity index (χ2v) is 7.83. The number of rotatable bonds is 7. The van der Waals surface area contributed by atoms with E-state index in [0.717, 1.165) is 41.6 Å². The largest absolute Gasteiger partial charge is 0.383 e. The van der Waals surface area contributed by atoms with Gasteiger partial charge in [-0.05, 0) is 24.5 Å². The van der Waals surface area contributed by atoms with E-state index in [2.05, 4.69) is 16.3 Å². The predicted molar refractivity (Wildman–Crippen MR) is 115 cm³/mol. The minimum absolute atomic E-state index is 0.102. The summed E-state index contributed by atoms with van der Waals surface area (Å²) in [5, 5.41) is 9.47. The van der Waals surface area contributed by atoms with E-state index in [1.807, 2.05) is 58.0 Å². The van der Waals surface area contributed by atoms with E-state index in [4.69, 9.17) is 4.74 Å². The Morgan fingerprint density at radius 1 is 1.10 bits per heavy atom. The van der Waals surface area contributed by atoms with Crippen LogP contribution in [0.25, 0.3) is 11.4 Å². The first-order valence-corrected chi connectivity index (χ1v) is 10.7. The van der Waals surface area contributed by atoms with Gasteiger partial charge in [0.05, 0.1) is 18.9 Å². The lowest BCUT2D eigenvalue weighted by Crippen LogP contribution is -2.36. The third-order valence-corrected chi connectivity index (χ3v) is 5.96. The summed E-state index contributed by atoms with van der Waals surface area (Å²) in [7, 11) is 1.68. The maximum Gasteiger partial charge on any atom is 0.237 e. The molecule has 1 amide bonds. The van der Waals surface area contributed by atoms with Crippen LogP contribution < -0.4 is 4.90 Å². The van der Waals surface area contributed by atoms with Crippen molar-refractivity contribution < 1.29 is 9.53 Å². The van der Waals surface area contributed by atoms with Crippen LogP contribution in [-0.2, 0) is 22.5 Å². The number of benzene rings is 2. The third kappa shape index (κ3) is 4.36. The number of anilines is 1. The molecule has 0 unspecified atom stereocenters. The van der Waals surface area contributed by atoms with Gasteiger partial charge in [0, 0.05) is 24.9 Å². The average Bonchev–Trinajstić information content (AvgIpc) is 3.19. The number of nitrogens with zero attached hydrogens (tertiary/aromatic N) is 4. The highest BCUT2D eigenvalue weighted by molar-refractivity contribution is 7.99. The van der Waals surface area contributed by atoms with Crippen LogP contribution in [-0.4, -0.2) is 46.7 Å². The SMILES string of the molecule is COCCn1c(SCC(=O)N2CCCc3ccccc32)nnc1-c1ccccc1. The number of hydrogen-bond acceptors (Lipinski definition) is 5. The smallest absolute Gasteiger partial charge is 0.237 e. The molecule has 0 aliphatic carbocycles. The maximum atomic E-state index is 13.0. The highest BCUT2D eigenvalue weighted by Gasteiger charge is 2.23. The van der Waals surface area contributed by atoms with Crippen molar-refractivity contribution in [3.63, 3.8) is 0 Å². The number of amides is 1. The number of fused-ring (bicyclic) bond motifs is 1. The first-order chi connectivity index (χ1) is 14.3. The van der Waals surface area contributed by atoms with Crippen LogP contribution in [0.15, 0.2) is 59.8 Å². The quantitative estimate of drug-likeness (QED) is 0.559. The van der Waals surface area contributed by atoms with Gasteiger partial charge < -0.3 is 9.64 Å². The molecule has 0 fully saturated rings. The van der Waals surface area contributed by atoms with Crippen LogP contribution >= 0.6 is 11.8 Å². The van der Waals surface area contributed by atoms with Gasteiger partial charge in [0.25, 0.3) is 0 Å². The van der Waals surface area contributed by atoms with E-state index in [-0.39, 0.29) is 5.91 Å². The Morgan fingerprint density at radius 3 is 2.72 bits per heavy atom. The van der Waals surface area contributed by atoms with Gasteiger partial charge >= 0.3 is 0 Å². The van der Waals surface area contributed by atoms with Crippen LogP contribution in [0.1, 0.15) is 12.0 Å². The molecule has 0 bridgehead atoms. The summed E-state index contributed by atoms with van der Waals surface area (Å²) in [5.74, 6) is 1.22.